The molecule has 0 aromatic carbocycles. The molecular weight excluding hydrogens is 211 g/mol. The van der Waals surface area contributed by atoms with Crippen molar-refractivity contribution in [2.75, 3.05) is 0 Å². The third kappa shape index (κ3) is 2.74. The minimum atomic E-state index is -6.62. The molecule has 0 radical (unpaired) electrons. The van der Waals surface area contributed by atoms with Crippen LogP contribution in [0.4, 0.5) is 35.1 Å². The molecule has 9 heteroatoms. The largest absolute Gasteiger partial charge is 1.00 e. The summed E-state index contributed by atoms with van der Waals surface area (Å²) >= 11 is 0. The Morgan fingerprint density at radius 2 is 0.750 bits per heavy atom. The number of halogens is 8. The number of alkyl halides is 8. The van der Waals surface area contributed by atoms with Gasteiger partial charge in [-0.25, -0.2) is 0 Å². The van der Waals surface area contributed by atoms with Crippen molar-refractivity contribution in [2.24, 2.45) is 0 Å². The maximum atomic E-state index is 11.2. The first-order valence-electron chi connectivity index (χ1n) is 2.01. The van der Waals surface area contributed by atoms with Crippen LogP contribution in [-0.2, 0) is 0 Å². The Bertz CT molecular complexity index is 130. The predicted octanol–water partition coefficient (Wildman–Crippen LogP) is -0.137. The first-order valence-corrected chi connectivity index (χ1v) is 2.01. The van der Waals surface area contributed by atoms with Gasteiger partial charge in [-0.2, -0.15) is 35.1 Å². The summed E-state index contributed by atoms with van der Waals surface area (Å²) in [6.07, 6.45) is -13.2. The van der Waals surface area contributed by atoms with E-state index in [0.717, 1.165) is 0 Å². The van der Waals surface area contributed by atoms with Crippen LogP contribution in [0.5, 0.6) is 0 Å². The van der Waals surface area contributed by atoms with Gasteiger partial charge in [0.2, 0.25) is 0 Å². The second-order valence-electron chi connectivity index (χ2n) is 1.57. The van der Waals surface area contributed by atoms with Crippen LogP contribution in [0, 0.1) is 0 Å². The summed E-state index contributed by atoms with van der Waals surface area (Å²) in [6, 6.07) is 0. The van der Waals surface area contributed by atoms with Gasteiger partial charge in [-0.1, -0.05) is 0 Å². The van der Waals surface area contributed by atoms with Crippen LogP contribution in [-0.4, -0.2) is 18.3 Å². The molecule has 0 saturated carbocycles. The van der Waals surface area contributed by atoms with Gasteiger partial charge in [0.15, 0.2) is 0 Å². The zero-order valence-electron chi connectivity index (χ0n) is 6.52. The Morgan fingerprint density at radius 3 is 0.750 bits per heavy atom. The van der Waals surface area contributed by atoms with Crippen molar-refractivity contribution in [3.05, 3.63) is 0 Å². The Morgan fingerprint density at radius 1 is 0.583 bits per heavy atom. The molecule has 12 heavy (non-hydrogen) atoms. The molecule has 0 spiro atoms. The van der Waals surface area contributed by atoms with E-state index >= 15 is 0 Å². The average molecular weight is 212 g/mol. The van der Waals surface area contributed by atoms with Gasteiger partial charge in [-0.3, -0.25) is 0 Å². The third-order valence-electron chi connectivity index (χ3n) is 0.712. The van der Waals surface area contributed by atoms with E-state index in [1.54, 1.807) is 0 Å². The molecule has 0 aromatic rings. The standard InChI is InChI=1S/C3F8.Na.H/c4-1(5,2(6,7)8)3(9,10)11;;/q;+1;-1. The molecule has 0 amide bonds. The first kappa shape index (κ1) is 14.9. The predicted molar refractivity (Wildman–Crippen MR) is 18.2 cm³/mol. The van der Waals surface area contributed by atoms with Crippen molar-refractivity contribution in [2.45, 2.75) is 18.3 Å². The Balaban J connectivity index is -0.000000500. The molecule has 0 atom stereocenters. The van der Waals surface area contributed by atoms with E-state index in [-0.39, 0.29) is 31.0 Å². The quantitative estimate of drug-likeness (QED) is 0.387. The molecule has 0 aliphatic carbocycles. The number of rotatable bonds is 0. The van der Waals surface area contributed by atoms with Gasteiger partial charge in [-0.15, -0.1) is 0 Å². The molecule has 0 aliphatic heterocycles. The van der Waals surface area contributed by atoms with Crippen LogP contribution >= 0.6 is 0 Å². The van der Waals surface area contributed by atoms with Crippen LogP contribution in [0.2, 0.25) is 0 Å². The number of hydrogen-bond donors (Lipinski definition) is 0. The Kier molecular flexibility index (Phi) is 4.56. The van der Waals surface area contributed by atoms with E-state index in [4.69, 9.17) is 0 Å². The fourth-order valence-electron chi connectivity index (χ4n) is 0.161. The monoisotopic (exact) mass is 212 g/mol. The normalized spacial score (nSPS) is 14.0. The molecule has 0 aliphatic rings. The smallest absolute Gasteiger partial charge is 1.00 e. The van der Waals surface area contributed by atoms with Gasteiger partial charge in [0.1, 0.15) is 0 Å². The van der Waals surface area contributed by atoms with Crippen molar-refractivity contribution in [3.63, 3.8) is 0 Å². The number of hydrogen-bond acceptors (Lipinski definition) is 0. The van der Waals surface area contributed by atoms with Crippen LogP contribution in [0.1, 0.15) is 1.43 Å². The first-order chi connectivity index (χ1) is 4.50. The van der Waals surface area contributed by atoms with Gasteiger partial charge in [-0.05, 0) is 0 Å². The van der Waals surface area contributed by atoms with Gasteiger partial charge < -0.3 is 1.43 Å². The van der Waals surface area contributed by atoms with Gasteiger partial charge in [0.25, 0.3) is 0 Å². The minimum Gasteiger partial charge on any atom is -1.00 e. The van der Waals surface area contributed by atoms with Crippen molar-refractivity contribution in [1.29, 1.82) is 0 Å². The fraction of sp³-hybridized carbons (Fsp3) is 1.00. The molecule has 70 valence electrons. The molecule has 0 saturated heterocycles. The van der Waals surface area contributed by atoms with Gasteiger partial charge >= 0.3 is 47.8 Å². The summed E-state index contributed by atoms with van der Waals surface area (Å²) in [5.74, 6) is -6.62. The summed E-state index contributed by atoms with van der Waals surface area (Å²) in [5.41, 5.74) is 0. The average Bonchev–Trinajstić information content (AvgIpc) is 1.58. The zero-order valence-corrected chi connectivity index (χ0v) is 7.52. The van der Waals surface area contributed by atoms with E-state index in [1.807, 2.05) is 0 Å². The van der Waals surface area contributed by atoms with Crippen LogP contribution in [0.15, 0.2) is 0 Å². The van der Waals surface area contributed by atoms with Crippen molar-refractivity contribution < 1.29 is 66.1 Å². The topological polar surface area (TPSA) is 0 Å². The van der Waals surface area contributed by atoms with Crippen molar-refractivity contribution in [3.8, 4) is 0 Å². The minimum absolute atomic E-state index is 0. The molecule has 0 heterocycles. The second-order valence-corrected chi connectivity index (χ2v) is 1.57. The Labute approximate surface area is 84.7 Å². The van der Waals surface area contributed by atoms with Crippen molar-refractivity contribution >= 4 is 0 Å². The maximum Gasteiger partial charge on any atom is 1.00 e. The van der Waals surface area contributed by atoms with Crippen LogP contribution < -0.4 is 29.6 Å². The summed E-state index contributed by atoms with van der Waals surface area (Å²) in [4.78, 5) is 0. The summed E-state index contributed by atoms with van der Waals surface area (Å²) in [5, 5.41) is 0. The molecular formula is C3HF8Na. The van der Waals surface area contributed by atoms with E-state index in [2.05, 4.69) is 0 Å². The van der Waals surface area contributed by atoms with Crippen molar-refractivity contribution in [1.82, 2.24) is 0 Å². The van der Waals surface area contributed by atoms with E-state index in [9.17, 15) is 35.1 Å². The maximum absolute atomic E-state index is 11.2. The molecule has 0 bridgehead atoms. The Hall–Kier alpha value is 0.440. The molecule has 0 unspecified atom stereocenters. The summed E-state index contributed by atoms with van der Waals surface area (Å²) in [7, 11) is 0. The molecule has 0 rings (SSSR count). The molecule has 0 aromatic heterocycles. The zero-order chi connectivity index (χ0) is 9.50. The van der Waals surface area contributed by atoms with E-state index in [1.165, 1.54) is 0 Å². The summed E-state index contributed by atoms with van der Waals surface area (Å²) < 4.78 is 87.5. The fourth-order valence-corrected chi connectivity index (χ4v) is 0.161. The van der Waals surface area contributed by atoms with E-state index in [0.29, 0.717) is 0 Å². The summed E-state index contributed by atoms with van der Waals surface area (Å²) in [6.45, 7) is 0. The second kappa shape index (κ2) is 3.67. The molecule has 0 fully saturated rings. The van der Waals surface area contributed by atoms with Crippen LogP contribution in [0.25, 0.3) is 0 Å². The molecule has 0 nitrogen and oxygen atoms in total. The van der Waals surface area contributed by atoms with Crippen LogP contribution in [0.3, 0.4) is 0 Å². The van der Waals surface area contributed by atoms with Gasteiger partial charge in [0, 0.05) is 0 Å². The third-order valence-corrected chi connectivity index (χ3v) is 0.712. The SMILES string of the molecule is FC(F)(F)C(F)(F)C(F)(F)F.[H-].[Na+]. The van der Waals surface area contributed by atoms with E-state index < -0.39 is 18.3 Å². The molecule has 0 N–H and O–H groups in total. The van der Waals surface area contributed by atoms with Gasteiger partial charge in [0.05, 0.1) is 0 Å².